The highest BCUT2D eigenvalue weighted by molar-refractivity contribution is 6.31. The molecule has 12 heteroatoms. The van der Waals surface area contributed by atoms with Crippen molar-refractivity contribution in [1.82, 2.24) is 0 Å². The maximum absolute atomic E-state index is 13.6. The third kappa shape index (κ3) is 4.11. The van der Waals surface area contributed by atoms with E-state index in [1.807, 2.05) is 0 Å². The maximum Gasteiger partial charge on any atom is 0.202 e. The highest BCUT2D eigenvalue weighted by Gasteiger charge is 2.50. The van der Waals surface area contributed by atoms with Crippen LogP contribution in [0, 0.1) is 0 Å². The lowest BCUT2D eigenvalue weighted by Crippen LogP contribution is -2.53. The number of aromatic hydroxyl groups is 2. The van der Waals surface area contributed by atoms with Crippen LogP contribution in [0.5, 0.6) is 17.2 Å². The Morgan fingerprint density at radius 2 is 1.85 bits per heavy atom. The molecule has 0 saturated carbocycles. The monoisotopic (exact) mass is 543 g/mol. The second kappa shape index (κ2) is 9.66. The largest absolute Gasteiger partial charge is 0.507 e. The molecule has 208 valence electrons. The number of hydrogen-bond acceptors (Lipinski definition) is 12. The molecular formula is C27H29NO11. The van der Waals surface area contributed by atoms with Crippen molar-refractivity contribution in [2.75, 3.05) is 13.7 Å². The van der Waals surface area contributed by atoms with Gasteiger partial charge in [0.15, 0.2) is 17.9 Å². The molecule has 6 atom stereocenters. The van der Waals surface area contributed by atoms with Gasteiger partial charge in [0.05, 0.1) is 42.1 Å². The number of phenolic OH excluding ortho intramolecular Hbond substituents is 2. The summed E-state index contributed by atoms with van der Waals surface area (Å²) < 4.78 is 17.0. The van der Waals surface area contributed by atoms with Crippen molar-refractivity contribution in [3.63, 3.8) is 0 Å². The highest BCUT2D eigenvalue weighted by Crippen LogP contribution is 2.52. The summed E-state index contributed by atoms with van der Waals surface area (Å²) in [5, 5.41) is 53.7. The number of ketones is 3. The van der Waals surface area contributed by atoms with Gasteiger partial charge in [0.25, 0.3) is 0 Å². The average molecular weight is 544 g/mol. The first kappa shape index (κ1) is 27.2. The Morgan fingerprint density at radius 3 is 2.49 bits per heavy atom. The summed E-state index contributed by atoms with van der Waals surface area (Å²) in [6.45, 7) is 0.560. The number of phenols is 2. The number of aliphatic hydroxyl groups excluding tert-OH is 2. The van der Waals surface area contributed by atoms with Crippen molar-refractivity contribution in [3.05, 3.63) is 51.6 Å². The Hall–Kier alpha value is -3.39. The average Bonchev–Trinajstić information content (AvgIpc) is 2.90. The normalized spacial score (nSPS) is 29.8. The molecule has 0 radical (unpaired) electrons. The van der Waals surface area contributed by atoms with E-state index in [-0.39, 0.29) is 34.4 Å². The standard InChI is InChI=1S/C27H29NO11/c1-10-22(31)13(28)6-17(38-10)39-15-8-27(36,16(30)9-29)7-12-19(15)26(35)21-20(24(12)33)23(32)11-4-3-5-14(37-2)18(11)25(21)34/h3-5,10,13,15,17,22,29,31,33,35-36H,6-9,28H2,1-2H3/t10-,13+,15-,17+,22+,27+/m1/s1. The van der Waals surface area contributed by atoms with Gasteiger partial charge in [0.2, 0.25) is 5.78 Å². The molecule has 0 bridgehead atoms. The molecule has 3 aliphatic rings. The van der Waals surface area contributed by atoms with Gasteiger partial charge in [-0.25, -0.2) is 0 Å². The van der Waals surface area contributed by atoms with Gasteiger partial charge in [0, 0.05) is 42.0 Å². The van der Waals surface area contributed by atoms with Gasteiger partial charge in [-0.2, -0.15) is 0 Å². The highest BCUT2D eigenvalue weighted by atomic mass is 16.7. The third-order valence-electron chi connectivity index (χ3n) is 7.81. The number of carbonyl (C=O) groups excluding carboxylic acids is 3. The van der Waals surface area contributed by atoms with E-state index in [2.05, 4.69) is 0 Å². The zero-order valence-corrected chi connectivity index (χ0v) is 21.2. The number of rotatable bonds is 5. The molecule has 5 rings (SSSR count). The first-order valence-corrected chi connectivity index (χ1v) is 12.4. The molecule has 2 aromatic carbocycles. The van der Waals surface area contributed by atoms with E-state index in [9.17, 15) is 39.9 Å². The van der Waals surface area contributed by atoms with Crippen LogP contribution in [0.25, 0.3) is 0 Å². The molecule has 1 fully saturated rings. The lowest BCUT2D eigenvalue weighted by molar-refractivity contribution is -0.247. The predicted molar refractivity (Wildman–Crippen MR) is 132 cm³/mol. The first-order valence-electron chi connectivity index (χ1n) is 12.4. The Balaban J connectivity index is 1.69. The summed E-state index contributed by atoms with van der Waals surface area (Å²) in [6, 6.07) is 3.64. The molecule has 1 aliphatic heterocycles. The second-order valence-electron chi connectivity index (χ2n) is 10.2. The molecule has 2 aliphatic carbocycles. The van der Waals surface area contributed by atoms with E-state index in [1.54, 1.807) is 6.92 Å². The van der Waals surface area contributed by atoms with Crippen molar-refractivity contribution in [1.29, 1.82) is 0 Å². The van der Waals surface area contributed by atoms with Crippen LogP contribution in [0.3, 0.4) is 0 Å². The van der Waals surface area contributed by atoms with Crippen molar-refractivity contribution in [2.24, 2.45) is 5.73 Å². The third-order valence-corrected chi connectivity index (χ3v) is 7.81. The lowest BCUT2D eigenvalue weighted by Gasteiger charge is -2.42. The summed E-state index contributed by atoms with van der Waals surface area (Å²) >= 11 is 0. The van der Waals surface area contributed by atoms with Gasteiger partial charge in [0.1, 0.15) is 29.5 Å². The maximum atomic E-state index is 13.6. The zero-order chi connectivity index (χ0) is 28.4. The number of ether oxygens (including phenoxy) is 3. The minimum absolute atomic E-state index is 0.0173. The molecule has 12 nitrogen and oxygen atoms in total. The Bertz CT molecular complexity index is 1380. The summed E-state index contributed by atoms with van der Waals surface area (Å²) in [4.78, 5) is 39.7. The molecule has 7 N–H and O–H groups in total. The number of benzene rings is 2. The van der Waals surface area contributed by atoms with E-state index in [4.69, 9.17) is 19.9 Å². The Morgan fingerprint density at radius 1 is 1.15 bits per heavy atom. The van der Waals surface area contributed by atoms with Crippen molar-refractivity contribution in [2.45, 2.75) is 62.4 Å². The van der Waals surface area contributed by atoms with Crippen LogP contribution < -0.4 is 10.5 Å². The number of nitrogens with two attached hydrogens (primary N) is 1. The quantitative estimate of drug-likeness (QED) is 0.235. The lowest BCUT2D eigenvalue weighted by atomic mass is 9.72. The number of aliphatic hydroxyl groups is 3. The topological polar surface area (TPSA) is 206 Å². The van der Waals surface area contributed by atoms with Crippen LogP contribution >= 0.6 is 0 Å². The van der Waals surface area contributed by atoms with Gasteiger partial charge in [-0.3, -0.25) is 14.4 Å². The van der Waals surface area contributed by atoms with Gasteiger partial charge >= 0.3 is 0 Å². The van der Waals surface area contributed by atoms with Crippen LogP contribution in [0.2, 0.25) is 0 Å². The van der Waals surface area contributed by atoms with Gasteiger partial charge in [-0.15, -0.1) is 0 Å². The van der Waals surface area contributed by atoms with Crippen LogP contribution in [0.4, 0.5) is 0 Å². The fraction of sp³-hybridized carbons (Fsp3) is 0.444. The zero-order valence-electron chi connectivity index (χ0n) is 21.2. The predicted octanol–water partition coefficient (Wildman–Crippen LogP) is 0.00130. The minimum Gasteiger partial charge on any atom is -0.507 e. The summed E-state index contributed by atoms with van der Waals surface area (Å²) in [5.74, 6) is -3.77. The smallest absolute Gasteiger partial charge is 0.202 e. The summed E-state index contributed by atoms with van der Waals surface area (Å²) in [5.41, 5.74) is 2.37. The summed E-state index contributed by atoms with van der Waals surface area (Å²) in [6.07, 6.45) is -5.12. The minimum atomic E-state index is -2.24. The van der Waals surface area contributed by atoms with Crippen molar-refractivity contribution >= 4 is 17.3 Å². The molecule has 39 heavy (non-hydrogen) atoms. The van der Waals surface area contributed by atoms with Crippen LogP contribution in [0.15, 0.2) is 18.2 Å². The number of fused-ring (bicyclic) bond motifs is 3. The number of methoxy groups -OCH3 is 1. The van der Waals surface area contributed by atoms with Crippen LogP contribution in [-0.2, 0) is 20.7 Å². The molecular weight excluding hydrogens is 514 g/mol. The first-order chi connectivity index (χ1) is 18.4. The van der Waals surface area contributed by atoms with E-state index < -0.39 is 95.7 Å². The SMILES string of the molecule is COc1cccc2c1C(=O)c1c(O)c3c(c(O)c1C2=O)C[C@@](O)(C(=O)CO)C[C@H]3O[C@H]1C[C@H](N)[C@@H](O)[C@@H](C)O1. The number of hydrogen-bond donors (Lipinski definition) is 6. The molecule has 1 saturated heterocycles. The number of carbonyl (C=O) groups is 3. The Kier molecular flexibility index (Phi) is 6.74. The van der Waals surface area contributed by atoms with Crippen LogP contribution in [0.1, 0.15) is 68.8 Å². The molecule has 1 heterocycles. The van der Waals surface area contributed by atoms with E-state index in [1.165, 1.54) is 25.3 Å². The van der Waals surface area contributed by atoms with E-state index >= 15 is 0 Å². The van der Waals surface area contributed by atoms with Crippen LogP contribution in [-0.4, -0.2) is 86.7 Å². The second-order valence-corrected chi connectivity index (χ2v) is 10.2. The number of Topliss-reactive ketones (excluding diaryl/α,β-unsaturated/α-hetero) is 1. The summed E-state index contributed by atoms with van der Waals surface area (Å²) in [7, 11) is 1.32. The van der Waals surface area contributed by atoms with Gasteiger partial charge in [-0.05, 0) is 13.0 Å². The van der Waals surface area contributed by atoms with Crippen molar-refractivity contribution in [3.8, 4) is 17.2 Å². The fourth-order valence-corrected chi connectivity index (χ4v) is 5.75. The molecule has 0 unspecified atom stereocenters. The molecule has 0 spiro atoms. The van der Waals surface area contributed by atoms with Gasteiger partial charge in [-0.1, -0.05) is 12.1 Å². The van der Waals surface area contributed by atoms with E-state index in [0.717, 1.165) is 0 Å². The van der Waals surface area contributed by atoms with E-state index in [0.29, 0.717) is 0 Å². The fourth-order valence-electron chi connectivity index (χ4n) is 5.75. The van der Waals surface area contributed by atoms with Crippen molar-refractivity contribution < 1.29 is 54.1 Å². The molecule has 0 amide bonds. The molecule has 0 aromatic heterocycles. The van der Waals surface area contributed by atoms with Gasteiger partial charge < -0.3 is 45.5 Å². The Labute approximate surface area is 222 Å². The molecule has 2 aromatic rings.